The number of hydrogen-bond donors (Lipinski definition) is 0. The van der Waals surface area contributed by atoms with E-state index in [4.69, 9.17) is 4.98 Å². The van der Waals surface area contributed by atoms with Crippen LogP contribution in [0, 0.1) is 13.8 Å². The molecule has 0 N–H and O–H groups in total. The Bertz CT molecular complexity index is 1280. The van der Waals surface area contributed by atoms with Gasteiger partial charge in [0.2, 0.25) is 5.91 Å². The molecule has 2 aliphatic rings. The molecule has 3 heterocycles. The van der Waals surface area contributed by atoms with Gasteiger partial charge in [0.15, 0.2) is 5.16 Å². The molecule has 182 valence electrons. The highest BCUT2D eigenvalue weighted by molar-refractivity contribution is 8.00. The molecule has 1 atom stereocenters. The summed E-state index contributed by atoms with van der Waals surface area (Å²) in [4.78, 5) is 36.5. The second-order valence-electron chi connectivity index (χ2n) is 9.28. The lowest BCUT2D eigenvalue weighted by Crippen LogP contribution is -2.49. The highest BCUT2D eigenvalue weighted by Crippen LogP contribution is 2.35. The monoisotopic (exact) mass is 506 g/mol. The molecule has 35 heavy (non-hydrogen) atoms. The van der Waals surface area contributed by atoms with Crippen molar-refractivity contribution < 1.29 is 4.79 Å². The molecule has 0 unspecified atom stereocenters. The van der Waals surface area contributed by atoms with Crippen LogP contribution in [0.3, 0.4) is 0 Å². The molecule has 5 rings (SSSR count). The summed E-state index contributed by atoms with van der Waals surface area (Å²) in [6.07, 6.45) is 0.784. The van der Waals surface area contributed by atoms with E-state index in [0.29, 0.717) is 23.5 Å². The molecule has 0 spiro atoms. The average molecular weight is 507 g/mol. The molecule has 1 saturated heterocycles. The number of thioether (sulfide) groups is 2. The number of carbonyl (C=O) groups is 1. The van der Waals surface area contributed by atoms with Gasteiger partial charge in [-0.05, 0) is 49.2 Å². The highest BCUT2D eigenvalue weighted by Gasteiger charge is 2.28. The number of nitrogens with zero attached hydrogens (tertiary/aromatic N) is 4. The third-order valence-corrected chi connectivity index (χ3v) is 8.56. The molecule has 1 fully saturated rings. The van der Waals surface area contributed by atoms with Crippen LogP contribution in [-0.2, 0) is 11.2 Å². The van der Waals surface area contributed by atoms with Crippen LogP contribution in [0.1, 0.15) is 23.7 Å². The topological polar surface area (TPSA) is 58.4 Å². The summed E-state index contributed by atoms with van der Waals surface area (Å²) >= 11 is 2.98. The molecule has 0 radical (unpaired) electrons. The number of fused-ring (bicyclic) bond motifs is 1. The molecule has 2 aliphatic heterocycles. The van der Waals surface area contributed by atoms with Crippen molar-refractivity contribution in [2.24, 2.45) is 0 Å². The number of carbonyl (C=O) groups excluding carboxylic acids is 1. The van der Waals surface area contributed by atoms with Gasteiger partial charge in [-0.1, -0.05) is 43.0 Å². The van der Waals surface area contributed by atoms with Gasteiger partial charge in [0, 0.05) is 43.5 Å². The minimum Gasteiger partial charge on any atom is -0.368 e. The first-order chi connectivity index (χ1) is 16.9. The van der Waals surface area contributed by atoms with Crippen molar-refractivity contribution in [1.82, 2.24) is 14.5 Å². The summed E-state index contributed by atoms with van der Waals surface area (Å²) in [6.45, 7) is 9.22. The van der Waals surface area contributed by atoms with Crippen LogP contribution in [0.15, 0.2) is 63.4 Å². The Balaban J connectivity index is 1.35. The quantitative estimate of drug-likeness (QED) is 0.379. The molecule has 0 aliphatic carbocycles. The number of piperazine rings is 1. The van der Waals surface area contributed by atoms with Crippen LogP contribution in [0.5, 0.6) is 0 Å². The summed E-state index contributed by atoms with van der Waals surface area (Å²) in [5.41, 5.74) is 5.03. The van der Waals surface area contributed by atoms with Gasteiger partial charge >= 0.3 is 0 Å². The predicted octanol–water partition coefficient (Wildman–Crippen LogP) is 4.33. The predicted molar refractivity (Wildman–Crippen MR) is 144 cm³/mol. The third kappa shape index (κ3) is 5.14. The fourth-order valence-corrected chi connectivity index (χ4v) is 6.80. The first kappa shape index (κ1) is 24.0. The van der Waals surface area contributed by atoms with E-state index in [9.17, 15) is 9.59 Å². The van der Waals surface area contributed by atoms with E-state index in [0.717, 1.165) is 46.9 Å². The maximum Gasteiger partial charge on any atom is 0.272 e. The molecule has 1 aromatic heterocycles. The zero-order valence-corrected chi connectivity index (χ0v) is 22.0. The Morgan fingerprint density at radius 1 is 1.03 bits per heavy atom. The molecule has 1 amide bonds. The van der Waals surface area contributed by atoms with Crippen molar-refractivity contribution in [1.29, 1.82) is 0 Å². The number of aromatic nitrogens is 2. The lowest BCUT2D eigenvalue weighted by atomic mass is 10.1. The van der Waals surface area contributed by atoms with E-state index in [1.165, 1.54) is 17.4 Å². The van der Waals surface area contributed by atoms with Gasteiger partial charge in [0.25, 0.3) is 5.56 Å². The van der Waals surface area contributed by atoms with E-state index in [-0.39, 0.29) is 17.2 Å². The van der Waals surface area contributed by atoms with Crippen LogP contribution in [0.25, 0.3) is 5.69 Å². The van der Waals surface area contributed by atoms with Crippen LogP contribution < -0.4 is 10.5 Å². The lowest BCUT2D eigenvalue weighted by molar-refractivity contribution is -0.128. The van der Waals surface area contributed by atoms with Gasteiger partial charge in [-0.25, -0.2) is 4.98 Å². The molecular weight excluding hydrogens is 476 g/mol. The number of rotatable bonds is 5. The van der Waals surface area contributed by atoms with Gasteiger partial charge in [-0.2, -0.15) is 0 Å². The first-order valence-corrected chi connectivity index (χ1v) is 13.9. The molecular formula is C27H30N4O2S2. The molecule has 6 nitrogen and oxygen atoms in total. The van der Waals surface area contributed by atoms with Gasteiger partial charge in [-0.3, -0.25) is 14.2 Å². The van der Waals surface area contributed by atoms with Crippen LogP contribution in [0.2, 0.25) is 0 Å². The fraction of sp³-hybridized carbons (Fsp3) is 0.370. The zero-order chi connectivity index (χ0) is 24.5. The second kappa shape index (κ2) is 10.1. The maximum atomic E-state index is 13.6. The maximum absolute atomic E-state index is 13.6. The van der Waals surface area contributed by atoms with E-state index < -0.39 is 0 Å². The summed E-state index contributed by atoms with van der Waals surface area (Å²) in [5, 5.41) is 0.936. The summed E-state index contributed by atoms with van der Waals surface area (Å²) < 4.78 is 1.70. The number of anilines is 1. The highest BCUT2D eigenvalue weighted by atomic mass is 32.2. The first-order valence-electron chi connectivity index (χ1n) is 12.0. The number of benzene rings is 2. The number of para-hydroxylation sites is 1. The van der Waals surface area contributed by atoms with Crippen molar-refractivity contribution in [3.8, 4) is 5.69 Å². The van der Waals surface area contributed by atoms with E-state index in [2.05, 4.69) is 30.0 Å². The van der Waals surface area contributed by atoms with Gasteiger partial charge < -0.3 is 9.80 Å². The second-order valence-corrected chi connectivity index (χ2v) is 11.7. The van der Waals surface area contributed by atoms with Gasteiger partial charge in [0.1, 0.15) is 0 Å². The van der Waals surface area contributed by atoms with Crippen LogP contribution >= 0.6 is 23.5 Å². The van der Waals surface area contributed by atoms with Gasteiger partial charge in [0.05, 0.1) is 22.0 Å². The summed E-state index contributed by atoms with van der Waals surface area (Å²) in [6, 6.07) is 16.4. The van der Waals surface area contributed by atoms with Crippen molar-refractivity contribution in [3.63, 3.8) is 0 Å². The van der Waals surface area contributed by atoms with Gasteiger partial charge in [-0.15, -0.1) is 11.8 Å². The molecule has 8 heteroatoms. The van der Waals surface area contributed by atoms with E-state index >= 15 is 0 Å². The standard InChI is InChI=1S/C27H30N4O2S2/c1-18-13-19(2)15-22(14-18)31-26(33)25-23(16-20(3)35-25)28-27(31)34-17-24(32)30-11-9-29(10-12-30)21-7-5-4-6-8-21/h4-8,13-15,20H,9-12,16-17H2,1-3H3/t20-/m0/s1. The minimum atomic E-state index is -0.0271. The van der Waals surface area contributed by atoms with Crippen LogP contribution in [0.4, 0.5) is 5.69 Å². The van der Waals surface area contributed by atoms with Crippen LogP contribution in [-0.4, -0.2) is 57.5 Å². The number of aryl methyl sites for hydroxylation is 2. The Kier molecular flexibility index (Phi) is 6.93. The Labute approximate surface area is 214 Å². The Morgan fingerprint density at radius 3 is 2.40 bits per heavy atom. The lowest BCUT2D eigenvalue weighted by Gasteiger charge is -2.36. The Hall–Kier alpha value is -2.71. The largest absolute Gasteiger partial charge is 0.368 e. The van der Waals surface area contributed by atoms with E-state index in [1.54, 1.807) is 16.3 Å². The molecule has 0 saturated carbocycles. The minimum absolute atomic E-state index is 0.0271. The van der Waals surface area contributed by atoms with Crippen molar-refractivity contribution in [2.75, 3.05) is 36.8 Å². The summed E-state index contributed by atoms with van der Waals surface area (Å²) in [7, 11) is 0. The zero-order valence-electron chi connectivity index (χ0n) is 20.4. The Morgan fingerprint density at radius 2 is 1.71 bits per heavy atom. The van der Waals surface area contributed by atoms with E-state index in [1.807, 2.05) is 49.1 Å². The molecule has 2 aromatic carbocycles. The number of hydrogen-bond acceptors (Lipinski definition) is 6. The average Bonchev–Trinajstić information content (AvgIpc) is 3.23. The summed E-state index contributed by atoms with van der Waals surface area (Å²) in [5.74, 6) is 0.358. The normalized spacial score (nSPS) is 17.5. The molecule has 3 aromatic rings. The number of amides is 1. The third-order valence-electron chi connectivity index (χ3n) is 6.42. The smallest absolute Gasteiger partial charge is 0.272 e. The van der Waals surface area contributed by atoms with Crippen molar-refractivity contribution in [2.45, 2.75) is 42.5 Å². The molecule has 0 bridgehead atoms. The van der Waals surface area contributed by atoms with Crippen molar-refractivity contribution in [3.05, 3.63) is 75.7 Å². The van der Waals surface area contributed by atoms with Crippen molar-refractivity contribution >= 4 is 35.1 Å². The SMILES string of the molecule is Cc1cc(C)cc(-n2c(SCC(=O)N3CCN(c4ccccc4)CC3)nc3c(c2=O)S[C@@H](C)C3)c1. The fourth-order valence-electron chi connectivity index (χ4n) is 4.77.